The van der Waals surface area contributed by atoms with Gasteiger partial charge in [0, 0.05) is 6.04 Å². The highest BCUT2D eigenvalue weighted by molar-refractivity contribution is 6.06. The molecule has 1 aliphatic heterocycles. The lowest BCUT2D eigenvalue weighted by Crippen LogP contribution is -2.44. The van der Waals surface area contributed by atoms with Crippen molar-refractivity contribution in [1.82, 2.24) is 9.80 Å². The second-order valence-corrected chi connectivity index (χ2v) is 4.51. The number of hydrogen-bond donors (Lipinski definition) is 1. The average Bonchev–Trinajstić information content (AvgIpc) is 3.03. The Kier molecular flexibility index (Phi) is 3.15. The molecule has 2 amide bonds. The Morgan fingerprint density at radius 1 is 1.47 bits per heavy atom. The van der Waals surface area contributed by atoms with Crippen LogP contribution in [0.4, 0.5) is 0 Å². The molecule has 1 saturated heterocycles. The van der Waals surface area contributed by atoms with Crippen molar-refractivity contribution >= 4 is 17.8 Å². The number of likely N-dealkylation sites (N-methyl/N-ethyl adjacent to an activating group) is 1. The van der Waals surface area contributed by atoms with E-state index in [9.17, 15) is 14.4 Å². The molecule has 6 heteroatoms. The lowest BCUT2D eigenvalue weighted by molar-refractivity contribution is -0.141. The summed E-state index contributed by atoms with van der Waals surface area (Å²) < 4.78 is 0. The molecule has 1 N–H and O–H groups in total. The summed E-state index contributed by atoms with van der Waals surface area (Å²) in [7, 11) is 0. The van der Waals surface area contributed by atoms with Crippen LogP contribution < -0.4 is 0 Å². The predicted octanol–water partition coefficient (Wildman–Crippen LogP) is -0.317. The smallest absolute Gasteiger partial charge is 0.317 e. The van der Waals surface area contributed by atoms with E-state index in [1.807, 2.05) is 0 Å². The highest BCUT2D eigenvalue weighted by atomic mass is 16.4. The van der Waals surface area contributed by atoms with Gasteiger partial charge in [0.15, 0.2) is 0 Å². The quantitative estimate of drug-likeness (QED) is 0.666. The molecule has 0 aromatic carbocycles. The molecule has 1 atom stereocenters. The number of carboxylic acid groups (broad SMARTS) is 1. The monoisotopic (exact) mass is 240 g/mol. The van der Waals surface area contributed by atoms with Crippen molar-refractivity contribution in [2.24, 2.45) is 0 Å². The Balaban J connectivity index is 2.08. The van der Waals surface area contributed by atoms with E-state index in [0.29, 0.717) is 6.54 Å². The lowest BCUT2D eigenvalue weighted by Gasteiger charge is -2.23. The van der Waals surface area contributed by atoms with Gasteiger partial charge in [-0.15, -0.1) is 0 Å². The third-order valence-electron chi connectivity index (χ3n) is 3.26. The summed E-state index contributed by atoms with van der Waals surface area (Å²) in [6.07, 6.45) is 1.89. The molecule has 0 aromatic rings. The van der Waals surface area contributed by atoms with Crippen molar-refractivity contribution in [3.63, 3.8) is 0 Å². The summed E-state index contributed by atoms with van der Waals surface area (Å²) in [6.45, 7) is 2.05. The molecule has 0 bridgehead atoms. The second-order valence-electron chi connectivity index (χ2n) is 4.51. The van der Waals surface area contributed by atoms with Gasteiger partial charge < -0.3 is 5.11 Å². The number of nitrogens with zero attached hydrogens (tertiary/aromatic N) is 2. The van der Waals surface area contributed by atoms with Gasteiger partial charge in [-0.25, -0.2) is 0 Å². The van der Waals surface area contributed by atoms with Gasteiger partial charge in [-0.05, 0) is 19.4 Å². The van der Waals surface area contributed by atoms with Gasteiger partial charge in [0.2, 0.25) is 11.8 Å². The SMILES string of the molecule is CCN(CC(=O)O)C1CC(=O)N(C2CC2)C1=O. The van der Waals surface area contributed by atoms with Crippen molar-refractivity contribution in [3.8, 4) is 0 Å². The number of carboxylic acids is 1. The average molecular weight is 240 g/mol. The molecule has 0 radical (unpaired) electrons. The van der Waals surface area contributed by atoms with Crippen LogP contribution in [0.25, 0.3) is 0 Å². The van der Waals surface area contributed by atoms with Crippen molar-refractivity contribution in [3.05, 3.63) is 0 Å². The van der Waals surface area contributed by atoms with Crippen LogP contribution in [-0.2, 0) is 14.4 Å². The van der Waals surface area contributed by atoms with E-state index < -0.39 is 12.0 Å². The van der Waals surface area contributed by atoms with Crippen LogP contribution in [0.5, 0.6) is 0 Å². The topological polar surface area (TPSA) is 77.9 Å². The van der Waals surface area contributed by atoms with Crippen molar-refractivity contribution in [1.29, 1.82) is 0 Å². The Morgan fingerprint density at radius 2 is 2.12 bits per heavy atom. The van der Waals surface area contributed by atoms with Crippen LogP contribution in [0, 0.1) is 0 Å². The summed E-state index contributed by atoms with van der Waals surface area (Å²) in [5.74, 6) is -1.36. The summed E-state index contributed by atoms with van der Waals surface area (Å²) in [6, 6.07) is -0.507. The number of amides is 2. The standard InChI is InChI=1S/C11H16N2O4/c1-2-12(6-10(15)16)8-5-9(14)13(11(8)17)7-3-4-7/h7-8H,2-6H2,1H3,(H,15,16). The molecule has 1 unspecified atom stereocenters. The van der Waals surface area contributed by atoms with E-state index in [2.05, 4.69) is 0 Å². The molecule has 1 aliphatic carbocycles. The van der Waals surface area contributed by atoms with Crippen LogP contribution in [0.1, 0.15) is 26.2 Å². The highest BCUT2D eigenvalue weighted by Crippen LogP contribution is 2.32. The van der Waals surface area contributed by atoms with Crippen molar-refractivity contribution < 1.29 is 19.5 Å². The predicted molar refractivity (Wildman–Crippen MR) is 58.2 cm³/mol. The molecular formula is C11H16N2O4. The normalized spacial score (nSPS) is 24.8. The lowest BCUT2D eigenvalue weighted by atomic mass is 10.2. The van der Waals surface area contributed by atoms with Gasteiger partial charge in [0.25, 0.3) is 0 Å². The molecule has 2 fully saturated rings. The number of aliphatic carboxylic acids is 1. The van der Waals surface area contributed by atoms with Gasteiger partial charge in [-0.2, -0.15) is 0 Å². The van der Waals surface area contributed by atoms with Gasteiger partial charge in [0.05, 0.1) is 19.0 Å². The van der Waals surface area contributed by atoms with E-state index in [1.165, 1.54) is 4.90 Å². The maximum atomic E-state index is 12.0. The van der Waals surface area contributed by atoms with Crippen LogP contribution in [0.2, 0.25) is 0 Å². The van der Waals surface area contributed by atoms with Crippen LogP contribution in [0.15, 0.2) is 0 Å². The minimum atomic E-state index is -0.975. The number of imide groups is 1. The maximum Gasteiger partial charge on any atom is 0.317 e. The first-order chi connectivity index (χ1) is 8.04. The van der Waals surface area contributed by atoms with E-state index in [-0.39, 0.29) is 30.8 Å². The molecule has 2 aliphatic rings. The Bertz CT molecular complexity index is 364. The maximum absolute atomic E-state index is 12.0. The van der Waals surface area contributed by atoms with E-state index in [0.717, 1.165) is 12.8 Å². The first-order valence-corrected chi connectivity index (χ1v) is 5.86. The molecular weight excluding hydrogens is 224 g/mol. The molecule has 1 heterocycles. The zero-order chi connectivity index (χ0) is 12.6. The van der Waals surface area contributed by atoms with E-state index in [1.54, 1.807) is 11.8 Å². The van der Waals surface area contributed by atoms with Gasteiger partial charge >= 0.3 is 5.97 Å². The number of rotatable bonds is 5. The summed E-state index contributed by atoms with van der Waals surface area (Å²) in [5.41, 5.74) is 0. The van der Waals surface area contributed by atoms with Crippen LogP contribution in [-0.4, -0.2) is 57.9 Å². The number of carbonyl (C=O) groups is 3. The molecule has 17 heavy (non-hydrogen) atoms. The minimum absolute atomic E-state index is 0.0727. The Morgan fingerprint density at radius 3 is 2.59 bits per heavy atom. The van der Waals surface area contributed by atoms with Gasteiger partial charge in [0.1, 0.15) is 0 Å². The number of hydrogen-bond acceptors (Lipinski definition) is 4. The van der Waals surface area contributed by atoms with Gasteiger partial charge in [-0.3, -0.25) is 24.2 Å². The molecule has 2 rings (SSSR count). The molecule has 94 valence electrons. The molecule has 6 nitrogen and oxygen atoms in total. The van der Waals surface area contributed by atoms with Crippen LogP contribution >= 0.6 is 0 Å². The number of likely N-dealkylation sites (tertiary alicyclic amines) is 1. The zero-order valence-corrected chi connectivity index (χ0v) is 9.76. The highest BCUT2D eigenvalue weighted by Gasteiger charge is 2.47. The summed E-state index contributed by atoms with van der Waals surface area (Å²) in [4.78, 5) is 37.3. The molecule has 1 saturated carbocycles. The fourth-order valence-electron chi connectivity index (χ4n) is 2.25. The first kappa shape index (κ1) is 12.0. The fourth-order valence-corrected chi connectivity index (χ4v) is 2.25. The van der Waals surface area contributed by atoms with Crippen molar-refractivity contribution in [2.45, 2.75) is 38.3 Å². The third kappa shape index (κ3) is 2.31. The van der Waals surface area contributed by atoms with E-state index >= 15 is 0 Å². The molecule has 0 spiro atoms. The molecule has 0 aromatic heterocycles. The summed E-state index contributed by atoms with van der Waals surface area (Å²) in [5, 5.41) is 8.76. The van der Waals surface area contributed by atoms with E-state index in [4.69, 9.17) is 5.11 Å². The van der Waals surface area contributed by atoms with Gasteiger partial charge in [-0.1, -0.05) is 6.92 Å². The van der Waals surface area contributed by atoms with Crippen LogP contribution in [0.3, 0.4) is 0 Å². The zero-order valence-electron chi connectivity index (χ0n) is 9.76. The largest absolute Gasteiger partial charge is 0.480 e. The first-order valence-electron chi connectivity index (χ1n) is 5.86. The van der Waals surface area contributed by atoms with Crippen molar-refractivity contribution in [2.75, 3.05) is 13.1 Å². The minimum Gasteiger partial charge on any atom is -0.480 e. The number of carbonyl (C=O) groups excluding carboxylic acids is 2. The fraction of sp³-hybridized carbons (Fsp3) is 0.727. The Hall–Kier alpha value is -1.43. The second kappa shape index (κ2) is 4.44. The third-order valence-corrected chi connectivity index (χ3v) is 3.26. The Labute approximate surface area is 99.2 Å². The summed E-state index contributed by atoms with van der Waals surface area (Å²) >= 11 is 0.